The zero-order chi connectivity index (χ0) is 17.5. The summed E-state index contributed by atoms with van der Waals surface area (Å²) in [5, 5.41) is 7.05. The fraction of sp³-hybridized carbons (Fsp3) is 0.333. The number of pyridine rings is 1. The van der Waals surface area contributed by atoms with Gasteiger partial charge in [-0.3, -0.25) is 9.98 Å². The second-order valence-corrected chi connectivity index (χ2v) is 5.96. The van der Waals surface area contributed by atoms with Gasteiger partial charge in [0, 0.05) is 26.2 Å². The molecule has 0 unspecified atom stereocenters. The van der Waals surface area contributed by atoms with Crippen LogP contribution in [0.4, 0.5) is 0 Å². The van der Waals surface area contributed by atoms with Crippen LogP contribution in [-0.2, 0) is 13.1 Å². The standard InChI is InChI=1S/C18H21ClN4O2/c1-20-18(23-12-14-5-2-3-6-21-14)22-11-13-9-15(19)17-16(10-13)24-7-4-8-25-17/h2-3,5-6,9-10H,4,7-8,11-12H2,1H3,(H2,20,22,23). The summed E-state index contributed by atoms with van der Waals surface area (Å²) < 4.78 is 11.4. The van der Waals surface area contributed by atoms with Gasteiger partial charge < -0.3 is 20.1 Å². The molecule has 0 atom stereocenters. The van der Waals surface area contributed by atoms with E-state index in [2.05, 4.69) is 20.6 Å². The fourth-order valence-electron chi connectivity index (χ4n) is 2.47. The molecule has 0 saturated heterocycles. The summed E-state index contributed by atoms with van der Waals surface area (Å²) >= 11 is 6.32. The molecule has 1 aromatic heterocycles. The average molecular weight is 361 g/mol. The second kappa shape index (κ2) is 8.58. The molecule has 7 heteroatoms. The first-order valence-electron chi connectivity index (χ1n) is 8.18. The highest BCUT2D eigenvalue weighted by atomic mass is 35.5. The van der Waals surface area contributed by atoms with Crippen molar-refractivity contribution < 1.29 is 9.47 Å². The summed E-state index contributed by atoms with van der Waals surface area (Å²) in [5.74, 6) is 2.01. The molecule has 1 aliphatic rings. The Balaban J connectivity index is 1.60. The van der Waals surface area contributed by atoms with Gasteiger partial charge in [0.25, 0.3) is 0 Å². The third-order valence-electron chi connectivity index (χ3n) is 3.71. The summed E-state index contributed by atoms with van der Waals surface area (Å²) in [4.78, 5) is 8.50. The first kappa shape index (κ1) is 17.4. The number of fused-ring (bicyclic) bond motifs is 1. The minimum atomic E-state index is 0.563. The van der Waals surface area contributed by atoms with E-state index in [1.165, 1.54) is 0 Å². The largest absolute Gasteiger partial charge is 0.489 e. The summed E-state index contributed by atoms with van der Waals surface area (Å²) in [6, 6.07) is 9.65. The number of aliphatic imine (C=N–C) groups is 1. The monoisotopic (exact) mass is 360 g/mol. The molecule has 2 N–H and O–H groups in total. The van der Waals surface area contributed by atoms with Crippen molar-refractivity contribution in [2.45, 2.75) is 19.5 Å². The molecule has 0 fully saturated rings. The van der Waals surface area contributed by atoms with Crippen LogP contribution in [0.5, 0.6) is 11.5 Å². The van der Waals surface area contributed by atoms with Crippen molar-refractivity contribution in [1.82, 2.24) is 15.6 Å². The van der Waals surface area contributed by atoms with E-state index in [-0.39, 0.29) is 0 Å². The van der Waals surface area contributed by atoms with E-state index in [0.717, 1.165) is 17.7 Å². The summed E-state index contributed by atoms with van der Waals surface area (Å²) in [5.41, 5.74) is 1.94. The zero-order valence-electron chi connectivity index (χ0n) is 14.1. The Hall–Kier alpha value is -2.47. The number of rotatable bonds is 4. The molecular weight excluding hydrogens is 340 g/mol. The molecular formula is C18H21ClN4O2. The number of halogens is 1. The maximum Gasteiger partial charge on any atom is 0.191 e. The van der Waals surface area contributed by atoms with Gasteiger partial charge in [-0.2, -0.15) is 0 Å². The average Bonchev–Trinajstić information content (AvgIpc) is 2.88. The van der Waals surface area contributed by atoms with E-state index in [0.29, 0.717) is 48.8 Å². The van der Waals surface area contributed by atoms with Crippen LogP contribution in [0.3, 0.4) is 0 Å². The number of guanidine groups is 1. The van der Waals surface area contributed by atoms with Crippen LogP contribution >= 0.6 is 11.6 Å². The van der Waals surface area contributed by atoms with Gasteiger partial charge >= 0.3 is 0 Å². The first-order chi connectivity index (χ1) is 12.3. The third kappa shape index (κ3) is 4.76. The highest BCUT2D eigenvalue weighted by Gasteiger charge is 2.15. The van der Waals surface area contributed by atoms with Crippen molar-refractivity contribution in [2.75, 3.05) is 20.3 Å². The smallest absolute Gasteiger partial charge is 0.191 e. The van der Waals surface area contributed by atoms with Crippen molar-refractivity contribution in [1.29, 1.82) is 0 Å². The first-order valence-corrected chi connectivity index (χ1v) is 8.56. The number of hydrogen-bond donors (Lipinski definition) is 2. The highest BCUT2D eigenvalue weighted by Crippen LogP contribution is 2.37. The van der Waals surface area contributed by atoms with Gasteiger partial charge in [0.05, 0.1) is 30.5 Å². The molecule has 132 valence electrons. The number of hydrogen-bond acceptors (Lipinski definition) is 4. The molecule has 0 saturated carbocycles. The number of ether oxygens (including phenoxy) is 2. The second-order valence-electron chi connectivity index (χ2n) is 5.56. The summed E-state index contributed by atoms with van der Waals surface area (Å²) in [7, 11) is 1.73. The third-order valence-corrected chi connectivity index (χ3v) is 3.99. The molecule has 2 heterocycles. The number of nitrogens with one attached hydrogen (secondary N) is 2. The van der Waals surface area contributed by atoms with Crippen molar-refractivity contribution in [2.24, 2.45) is 4.99 Å². The normalized spacial score (nSPS) is 13.9. The highest BCUT2D eigenvalue weighted by molar-refractivity contribution is 6.32. The van der Waals surface area contributed by atoms with Gasteiger partial charge in [-0.1, -0.05) is 17.7 Å². The Morgan fingerprint density at radius 3 is 2.84 bits per heavy atom. The molecule has 0 amide bonds. The lowest BCUT2D eigenvalue weighted by Crippen LogP contribution is -2.36. The molecule has 25 heavy (non-hydrogen) atoms. The lowest BCUT2D eigenvalue weighted by molar-refractivity contribution is 0.297. The Morgan fingerprint density at radius 2 is 2.04 bits per heavy atom. The van der Waals surface area contributed by atoms with Crippen LogP contribution in [-0.4, -0.2) is 31.2 Å². The van der Waals surface area contributed by atoms with Crippen molar-refractivity contribution in [3.8, 4) is 11.5 Å². The minimum Gasteiger partial charge on any atom is -0.489 e. The van der Waals surface area contributed by atoms with Crippen LogP contribution in [0.1, 0.15) is 17.7 Å². The van der Waals surface area contributed by atoms with E-state index < -0.39 is 0 Å². The van der Waals surface area contributed by atoms with E-state index in [4.69, 9.17) is 21.1 Å². The molecule has 0 bridgehead atoms. The van der Waals surface area contributed by atoms with Crippen molar-refractivity contribution >= 4 is 17.6 Å². The fourth-order valence-corrected chi connectivity index (χ4v) is 2.76. The molecule has 1 aromatic carbocycles. The number of aromatic nitrogens is 1. The minimum absolute atomic E-state index is 0.563. The SMILES string of the molecule is CN=C(NCc1cc(Cl)c2c(c1)OCCCO2)NCc1ccccn1. The molecule has 2 aromatic rings. The van der Waals surface area contributed by atoms with Crippen LogP contribution in [0.25, 0.3) is 0 Å². The Bertz CT molecular complexity index is 737. The van der Waals surface area contributed by atoms with Crippen LogP contribution in [0.15, 0.2) is 41.5 Å². The van der Waals surface area contributed by atoms with Crippen LogP contribution in [0, 0.1) is 0 Å². The molecule has 0 spiro atoms. The molecule has 3 rings (SSSR count). The predicted octanol–water partition coefficient (Wildman–Crippen LogP) is 2.76. The molecule has 1 aliphatic heterocycles. The van der Waals surface area contributed by atoms with Crippen LogP contribution < -0.4 is 20.1 Å². The van der Waals surface area contributed by atoms with E-state index in [1.54, 1.807) is 13.2 Å². The topological polar surface area (TPSA) is 67.8 Å². The van der Waals surface area contributed by atoms with E-state index in [1.807, 2.05) is 30.3 Å². The number of benzene rings is 1. The van der Waals surface area contributed by atoms with Crippen molar-refractivity contribution in [3.05, 3.63) is 52.8 Å². The van der Waals surface area contributed by atoms with Gasteiger partial charge in [-0.25, -0.2) is 0 Å². The maximum atomic E-state index is 6.32. The summed E-state index contributed by atoms with van der Waals surface area (Å²) in [6.45, 7) is 2.42. The van der Waals surface area contributed by atoms with E-state index >= 15 is 0 Å². The van der Waals surface area contributed by atoms with Gasteiger partial charge in [-0.05, 0) is 29.8 Å². The van der Waals surface area contributed by atoms with Crippen LogP contribution in [0.2, 0.25) is 5.02 Å². The number of nitrogens with zero attached hydrogens (tertiary/aromatic N) is 2. The van der Waals surface area contributed by atoms with Gasteiger partial charge in [0.2, 0.25) is 0 Å². The predicted molar refractivity (Wildman–Crippen MR) is 98.3 cm³/mol. The molecule has 6 nitrogen and oxygen atoms in total. The molecule has 0 aliphatic carbocycles. The van der Waals surface area contributed by atoms with E-state index in [9.17, 15) is 0 Å². The molecule has 0 radical (unpaired) electrons. The zero-order valence-corrected chi connectivity index (χ0v) is 14.8. The Labute approximate surface area is 152 Å². The summed E-state index contributed by atoms with van der Waals surface area (Å²) in [6.07, 6.45) is 2.62. The van der Waals surface area contributed by atoms with Gasteiger partial charge in [-0.15, -0.1) is 0 Å². The van der Waals surface area contributed by atoms with Gasteiger partial charge in [0.1, 0.15) is 0 Å². The van der Waals surface area contributed by atoms with Crippen molar-refractivity contribution in [3.63, 3.8) is 0 Å². The lowest BCUT2D eigenvalue weighted by Gasteiger charge is -2.14. The maximum absolute atomic E-state index is 6.32. The Morgan fingerprint density at radius 1 is 1.20 bits per heavy atom. The van der Waals surface area contributed by atoms with Gasteiger partial charge in [0.15, 0.2) is 17.5 Å². The lowest BCUT2D eigenvalue weighted by atomic mass is 10.2. The Kier molecular flexibility index (Phi) is 5.95. The quantitative estimate of drug-likeness (QED) is 0.648.